The van der Waals surface area contributed by atoms with E-state index < -0.39 is 35.5 Å². The molecule has 21 heavy (non-hydrogen) atoms. The zero-order valence-electron chi connectivity index (χ0n) is 10.9. The molecule has 2 atom stereocenters. The molecule has 1 N–H and O–H groups in total. The Labute approximate surface area is 117 Å². The predicted molar refractivity (Wildman–Crippen MR) is 63.7 cm³/mol. The number of hydrogen-bond donors (Lipinski definition) is 1. The molecule has 0 heterocycles. The Morgan fingerprint density at radius 1 is 0.810 bits per heavy atom. The van der Waals surface area contributed by atoms with Crippen LogP contribution in [0.15, 0.2) is 18.2 Å². The fourth-order valence-electron chi connectivity index (χ4n) is 2.69. The first kappa shape index (κ1) is 16.1. The minimum atomic E-state index is -4.85. The second-order valence-corrected chi connectivity index (χ2v) is 5.30. The molecule has 0 spiro atoms. The Morgan fingerprint density at radius 2 is 1.29 bits per heavy atom. The van der Waals surface area contributed by atoms with Crippen molar-refractivity contribution in [2.75, 3.05) is 0 Å². The van der Waals surface area contributed by atoms with Gasteiger partial charge in [-0.25, -0.2) is 0 Å². The minimum Gasteiger partial charge on any atom is -0.392 e. The molecular weight excluding hydrogens is 298 g/mol. The molecule has 0 radical (unpaired) electrons. The van der Waals surface area contributed by atoms with Gasteiger partial charge in [0.1, 0.15) is 0 Å². The Morgan fingerprint density at radius 3 is 1.71 bits per heavy atom. The molecule has 0 bridgehead atoms. The molecule has 2 rings (SSSR count). The highest BCUT2D eigenvalue weighted by molar-refractivity contribution is 5.36. The first-order chi connectivity index (χ1) is 9.59. The van der Waals surface area contributed by atoms with Gasteiger partial charge in [0.25, 0.3) is 0 Å². The normalized spacial score (nSPS) is 24.1. The van der Waals surface area contributed by atoms with Crippen LogP contribution in [0.25, 0.3) is 0 Å². The third-order valence-electron chi connectivity index (χ3n) is 3.77. The van der Waals surface area contributed by atoms with Crippen molar-refractivity contribution in [3.05, 3.63) is 34.9 Å². The first-order valence-corrected chi connectivity index (χ1v) is 6.56. The molecule has 118 valence electrons. The van der Waals surface area contributed by atoms with Gasteiger partial charge in [0.05, 0.1) is 17.2 Å². The lowest BCUT2D eigenvalue weighted by atomic mass is 9.80. The Hall–Kier alpha value is -1.24. The number of alkyl halides is 6. The molecule has 1 aliphatic carbocycles. The van der Waals surface area contributed by atoms with E-state index in [9.17, 15) is 31.4 Å². The minimum absolute atomic E-state index is 0.0932. The Kier molecular flexibility index (Phi) is 4.24. The molecular formula is C14H14F6O. The van der Waals surface area contributed by atoms with E-state index in [1.54, 1.807) is 0 Å². The van der Waals surface area contributed by atoms with Crippen LogP contribution in [0.3, 0.4) is 0 Å². The largest absolute Gasteiger partial charge is 0.416 e. The van der Waals surface area contributed by atoms with Gasteiger partial charge >= 0.3 is 12.4 Å². The smallest absolute Gasteiger partial charge is 0.392 e. The zero-order chi connectivity index (χ0) is 15.8. The quantitative estimate of drug-likeness (QED) is 0.742. The molecule has 0 unspecified atom stereocenters. The summed E-state index contributed by atoms with van der Waals surface area (Å²) in [6.07, 6.45) is -8.42. The molecule has 7 heteroatoms. The highest BCUT2D eigenvalue weighted by atomic mass is 19.4. The van der Waals surface area contributed by atoms with Crippen molar-refractivity contribution in [1.82, 2.24) is 0 Å². The molecule has 0 saturated heterocycles. The monoisotopic (exact) mass is 312 g/mol. The van der Waals surface area contributed by atoms with Crippen LogP contribution < -0.4 is 0 Å². The van der Waals surface area contributed by atoms with Crippen molar-refractivity contribution >= 4 is 0 Å². The predicted octanol–water partition coefficient (Wildman–Crippen LogP) is 4.74. The summed E-state index contributed by atoms with van der Waals surface area (Å²) in [5.41, 5.74) is -2.75. The van der Waals surface area contributed by atoms with Gasteiger partial charge in [0.2, 0.25) is 0 Å². The zero-order valence-corrected chi connectivity index (χ0v) is 10.9. The molecule has 1 aliphatic rings. The number of halogens is 6. The molecule has 0 aliphatic heterocycles. The Balaban J connectivity index is 2.49. The van der Waals surface area contributed by atoms with Crippen LogP contribution in [-0.2, 0) is 12.4 Å². The molecule has 0 amide bonds. The average molecular weight is 312 g/mol. The maximum atomic E-state index is 12.8. The van der Waals surface area contributed by atoms with Crippen molar-refractivity contribution in [3.8, 4) is 0 Å². The van der Waals surface area contributed by atoms with E-state index >= 15 is 0 Å². The van der Waals surface area contributed by atoms with E-state index in [1.165, 1.54) is 0 Å². The summed E-state index contributed by atoms with van der Waals surface area (Å²) in [5, 5.41) is 9.85. The van der Waals surface area contributed by atoms with E-state index in [4.69, 9.17) is 0 Å². The van der Waals surface area contributed by atoms with Gasteiger partial charge in [-0.15, -0.1) is 0 Å². The van der Waals surface area contributed by atoms with Gasteiger partial charge in [-0.1, -0.05) is 12.8 Å². The summed E-state index contributed by atoms with van der Waals surface area (Å²) in [6.45, 7) is 0. The molecule has 1 aromatic carbocycles. The fraction of sp³-hybridized carbons (Fsp3) is 0.571. The number of hydrogen-bond acceptors (Lipinski definition) is 1. The lowest BCUT2D eigenvalue weighted by Crippen LogP contribution is -2.23. The van der Waals surface area contributed by atoms with Crippen LogP contribution in [0.4, 0.5) is 26.3 Å². The van der Waals surface area contributed by atoms with E-state index in [1.807, 2.05) is 0 Å². The second kappa shape index (κ2) is 5.51. The maximum absolute atomic E-state index is 12.8. The van der Waals surface area contributed by atoms with Crippen LogP contribution in [0.2, 0.25) is 0 Å². The summed E-state index contributed by atoms with van der Waals surface area (Å²) in [4.78, 5) is 0. The fourth-order valence-corrected chi connectivity index (χ4v) is 2.69. The average Bonchev–Trinajstić information content (AvgIpc) is 2.36. The molecule has 1 saturated carbocycles. The third-order valence-corrected chi connectivity index (χ3v) is 3.77. The SMILES string of the molecule is O[C@@H]1CCCC[C@@H]1c1cc(C(F)(F)F)cc(C(F)(F)F)c1. The first-order valence-electron chi connectivity index (χ1n) is 6.56. The van der Waals surface area contributed by atoms with E-state index in [0.29, 0.717) is 31.4 Å². The van der Waals surface area contributed by atoms with Gasteiger partial charge in [-0.3, -0.25) is 0 Å². The van der Waals surface area contributed by atoms with Crippen LogP contribution in [-0.4, -0.2) is 11.2 Å². The number of benzene rings is 1. The van der Waals surface area contributed by atoms with Crippen LogP contribution in [0.1, 0.15) is 48.3 Å². The van der Waals surface area contributed by atoms with Gasteiger partial charge in [0.15, 0.2) is 0 Å². The van der Waals surface area contributed by atoms with Crippen molar-refractivity contribution in [1.29, 1.82) is 0 Å². The highest BCUT2D eigenvalue weighted by Crippen LogP contribution is 2.40. The van der Waals surface area contributed by atoms with Crippen molar-refractivity contribution in [3.63, 3.8) is 0 Å². The van der Waals surface area contributed by atoms with Gasteiger partial charge in [-0.05, 0) is 36.6 Å². The molecule has 1 fully saturated rings. The molecule has 0 aromatic heterocycles. The summed E-state index contributed by atoms with van der Waals surface area (Å²) < 4.78 is 76.6. The van der Waals surface area contributed by atoms with Crippen molar-refractivity contribution < 1.29 is 31.4 Å². The number of aliphatic hydroxyl groups is 1. The third kappa shape index (κ3) is 3.70. The van der Waals surface area contributed by atoms with E-state index in [-0.39, 0.29) is 11.6 Å². The van der Waals surface area contributed by atoms with Crippen LogP contribution in [0.5, 0.6) is 0 Å². The van der Waals surface area contributed by atoms with Crippen LogP contribution in [0, 0.1) is 0 Å². The van der Waals surface area contributed by atoms with Crippen molar-refractivity contribution in [2.24, 2.45) is 0 Å². The highest BCUT2D eigenvalue weighted by Gasteiger charge is 2.38. The Bertz CT molecular complexity index is 473. The standard InChI is InChI=1S/C14H14F6O/c15-13(16,17)9-5-8(6-10(7-9)14(18,19)20)11-3-1-2-4-12(11)21/h5-7,11-12,21H,1-4H2/t11-,12-/m1/s1. The molecule has 1 aromatic rings. The van der Waals surface area contributed by atoms with Crippen LogP contribution >= 0.6 is 0 Å². The van der Waals surface area contributed by atoms with E-state index in [2.05, 4.69) is 0 Å². The maximum Gasteiger partial charge on any atom is 0.416 e. The lowest BCUT2D eigenvalue weighted by molar-refractivity contribution is -0.143. The van der Waals surface area contributed by atoms with Gasteiger partial charge < -0.3 is 5.11 Å². The number of rotatable bonds is 1. The number of aliphatic hydroxyl groups excluding tert-OH is 1. The summed E-state index contributed by atoms with van der Waals surface area (Å²) in [7, 11) is 0. The van der Waals surface area contributed by atoms with Crippen molar-refractivity contribution in [2.45, 2.75) is 50.1 Å². The summed E-state index contributed by atoms with van der Waals surface area (Å²) >= 11 is 0. The van der Waals surface area contributed by atoms with Gasteiger partial charge in [0, 0.05) is 5.92 Å². The molecule has 1 nitrogen and oxygen atoms in total. The topological polar surface area (TPSA) is 20.2 Å². The summed E-state index contributed by atoms with van der Waals surface area (Å²) in [6, 6.07) is 1.54. The van der Waals surface area contributed by atoms with Gasteiger partial charge in [-0.2, -0.15) is 26.3 Å². The lowest BCUT2D eigenvalue weighted by Gasteiger charge is -2.29. The second-order valence-electron chi connectivity index (χ2n) is 5.30. The van der Waals surface area contributed by atoms with E-state index in [0.717, 1.165) is 6.42 Å². The summed E-state index contributed by atoms with van der Waals surface area (Å²) in [5.74, 6) is -0.679.